The molecule has 0 spiro atoms. The van der Waals surface area contributed by atoms with Gasteiger partial charge in [0, 0.05) is 5.56 Å². The van der Waals surface area contributed by atoms with E-state index in [0.717, 1.165) is 11.3 Å². The van der Waals surface area contributed by atoms with Crippen molar-refractivity contribution in [2.45, 2.75) is 19.8 Å². The highest BCUT2D eigenvalue weighted by molar-refractivity contribution is 5.48. The van der Waals surface area contributed by atoms with E-state index in [9.17, 15) is 4.39 Å². The minimum absolute atomic E-state index is 0.265. The summed E-state index contributed by atoms with van der Waals surface area (Å²) < 4.78 is 14.4. The Morgan fingerprint density at radius 1 is 1.25 bits per heavy atom. The third kappa shape index (κ3) is 1.78. The summed E-state index contributed by atoms with van der Waals surface area (Å²) in [4.78, 5) is 0. The number of nitrogen functional groups attached to an aromatic ring is 1. The van der Waals surface area contributed by atoms with Gasteiger partial charge in [-0.3, -0.25) is 0 Å². The predicted molar refractivity (Wildman–Crippen MR) is 62.0 cm³/mol. The summed E-state index contributed by atoms with van der Waals surface area (Å²) in [5.41, 5.74) is 7.75. The number of nitrogens with two attached hydrogens (primary N) is 1. The van der Waals surface area contributed by atoms with Gasteiger partial charge < -0.3 is 5.73 Å². The van der Waals surface area contributed by atoms with Crippen LogP contribution in [-0.2, 0) is 0 Å². The van der Waals surface area contributed by atoms with Gasteiger partial charge in [0.2, 0.25) is 0 Å². The molecule has 0 amide bonds. The van der Waals surface area contributed by atoms with Crippen LogP contribution in [0.25, 0.3) is 5.69 Å². The Bertz CT molecular complexity index is 485. The van der Waals surface area contributed by atoms with Gasteiger partial charge in [0.25, 0.3) is 0 Å². The monoisotopic (exact) mass is 219 g/mol. The van der Waals surface area contributed by atoms with Crippen molar-refractivity contribution in [2.75, 3.05) is 5.73 Å². The van der Waals surface area contributed by atoms with Crippen LogP contribution in [0.1, 0.15) is 25.3 Å². The van der Waals surface area contributed by atoms with E-state index < -0.39 is 0 Å². The van der Waals surface area contributed by atoms with Gasteiger partial charge in [-0.05, 0) is 30.2 Å². The lowest BCUT2D eigenvalue weighted by Gasteiger charge is -2.06. The molecule has 1 aromatic heterocycles. The topological polar surface area (TPSA) is 43.8 Å². The number of anilines is 1. The van der Waals surface area contributed by atoms with Crippen LogP contribution in [0.3, 0.4) is 0 Å². The number of nitrogens with zero attached hydrogens (tertiary/aromatic N) is 2. The molecule has 0 unspecified atom stereocenters. The van der Waals surface area contributed by atoms with Gasteiger partial charge in [-0.25, -0.2) is 9.07 Å². The van der Waals surface area contributed by atoms with Crippen LogP contribution < -0.4 is 5.73 Å². The molecule has 4 heteroatoms. The second-order valence-electron chi connectivity index (χ2n) is 4.03. The van der Waals surface area contributed by atoms with Crippen molar-refractivity contribution < 1.29 is 4.39 Å². The Morgan fingerprint density at radius 2 is 1.88 bits per heavy atom. The van der Waals surface area contributed by atoms with E-state index in [2.05, 4.69) is 18.9 Å². The van der Waals surface area contributed by atoms with Gasteiger partial charge >= 0.3 is 0 Å². The first-order chi connectivity index (χ1) is 7.59. The van der Waals surface area contributed by atoms with Crippen molar-refractivity contribution in [3.8, 4) is 5.69 Å². The fourth-order valence-electron chi connectivity index (χ4n) is 1.60. The van der Waals surface area contributed by atoms with Crippen LogP contribution >= 0.6 is 0 Å². The lowest BCUT2D eigenvalue weighted by Crippen LogP contribution is -2.03. The van der Waals surface area contributed by atoms with Gasteiger partial charge in [0.1, 0.15) is 11.6 Å². The summed E-state index contributed by atoms with van der Waals surface area (Å²) in [7, 11) is 0. The molecule has 0 radical (unpaired) electrons. The first-order valence-electron chi connectivity index (χ1n) is 5.19. The van der Waals surface area contributed by atoms with Crippen LogP contribution in [0.5, 0.6) is 0 Å². The molecule has 3 nitrogen and oxygen atoms in total. The van der Waals surface area contributed by atoms with E-state index >= 15 is 0 Å². The molecule has 84 valence electrons. The highest BCUT2D eigenvalue weighted by atomic mass is 19.1. The summed E-state index contributed by atoms with van der Waals surface area (Å²) >= 11 is 0. The summed E-state index contributed by atoms with van der Waals surface area (Å²) in [6.07, 6.45) is 1.75. The van der Waals surface area contributed by atoms with Gasteiger partial charge in [0.15, 0.2) is 0 Å². The van der Waals surface area contributed by atoms with Crippen LogP contribution in [-0.4, -0.2) is 9.78 Å². The standard InChI is InChI=1S/C12H14FN3/c1-8(2)11-7-15-16(12(11)14)10-5-3-9(13)4-6-10/h3-8H,14H2,1-2H3. The Labute approximate surface area is 93.7 Å². The molecular formula is C12H14FN3. The molecule has 2 aromatic rings. The number of halogens is 1. The quantitative estimate of drug-likeness (QED) is 0.844. The minimum Gasteiger partial charge on any atom is -0.383 e. The Kier molecular flexibility index (Phi) is 2.64. The maximum absolute atomic E-state index is 12.8. The van der Waals surface area contributed by atoms with Gasteiger partial charge in [-0.1, -0.05) is 13.8 Å². The van der Waals surface area contributed by atoms with Crippen LogP contribution in [0.4, 0.5) is 10.2 Å². The lowest BCUT2D eigenvalue weighted by molar-refractivity contribution is 0.627. The third-order valence-electron chi connectivity index (χ3n) is 2.53. The molecule has 0 bridgehead atoms. The smallest absolute Gasteiger partial charge is 0.130 e. The maximum Gasteiger partial charge on any atom is 0.130 e. The van der Waals surface area contributed by atoms with Gasteiger partial charge in [-0.2, -0.15) is 5.10 Å². The third-order valence-corrected chi connectivity index (χ3v) is 2.53. The number of rotatable bonds is 2. The van der Waals surface area contributed by atoms with Crippen molar-refractivity contribution in [1.82, 2.24) is 9.78 Å². The highest BCUT2D eigenvalue weighted by Gasteiger charge is 2.11. The Balaban J connectivity index is 2.45. The zero-order valence-electron chi connectivity index (χ0n) is 9.31. The Morgan fingerprint density at radius 3 is 2.38 bits per heavy atom. The Hall–Kier alpha value is -1.84. The van der Waals surface area contributed by atoms with E-state index in [1.165, 1.54) is 12.1 Å². The van der Waals surface area contributed by atoms with Gasteiger partial charge in [0.05, 0.1) is 11.9 Å². The van der Waals surface area contributed by atoms with Crippen molar-refractivity contribution in [1.29, 1.82) is 0 Å². The first-order valence-corrected chi connectivity index (χ1v) is 5.19. The molecule has 1 aromatic carbocycles. The second-order valence-corrected chi connectivity index (χ2v) is 4.03. The molecule has 0 aliphatic heterocycles. The fraction of sp³-hybridized carbons (Fsp3) is 0.250. The van der Waals surface area contributed by atoms with E-state index in [1.54, 1.807) is 23.0 Å². The number of benzene rings is 1. The molecule has 0 fully saturated rings. The van der Waals surface area contributed by atoms with E-state index in [1.807, 2.05) is 0 Å². The lowest BCUT2D eigenvalue weighted by atomic mass is 10.1. The number of hydrogen-bond acceptors (Lipinski definition) is 2. The average molecular weight is 219 g/mol. The summed E-state index contributed by atoms with van der Waals surface area (Å²) in [5, 5.41) is 4.21. The van der Waals surface area contributed by atoms with E-state index in [4.69, 9.17) is 5.73 Å². The largest absolute Gasteiger partial charge is 0.383 e. The molecular weight excluding hydrogens is 205 g/mol. The normalized spacial score (nSPS) is 11.0. The average Bonchev–Trinajstić information content (AvgIpc) is 2.61. The van der Waals surface area contributed by atoms with Gasteiger partial charge in [-0.15, -0.1) is 0 Å². The summed E-state index contributed by atoms with van der Waals surface area (Å²) in [6, 6.07) is 6.10. The van der Waals surface area contributed by atoms with Crippen LogP contribution in [0.2, 0.25) is 0 Å². The molecule has 0 aliphatic rings. The maximum atomic E-state index is 12.8. The highest BCUT2D eigenvalue weighted by Crippen LogP contribution is 2.23. The van der Waals surface area contributed by atoms with Crippen molar-refractivity contribution in [3.05, 3.63) is 41.8 Å². The second kappa shape index (κ2) is 3.96. The molecule has 2 rings (SSSR count). The molecule has 0 saturated carbocycles. The molecule has 0 saturated heterocycles. The van der Waals surface area contributed by atoms with Crippen molar-refractivity contribution in [2.24, 2.45) is 0 Å². The number of hydrogen-bond donors (Lipinski definition) is 1. The van der Waals surface area contributed by atoms with E-state index in [0.29, 0.717) is 11.7 Å². The molecule has 1 heterocycles. The fourth-order valence-corrected chi connectivity index (χ4v) is 1.60. The zero-order valence-corrected chi connectivity index (χ0v) is 9.31. The first kappa shape index (κ1) is 10.7. The van der Waals surface area contributed by atoms with Crippen molar-refractivity contribution in [3.63, 3.8) is 0 Å². The minimum atomic E-state index is -0.265. The molecule has 0 atom stereocenters. The van der Waals surface area contributed by atoms with E-state index in [-0.39, 0.29) is 5.82 Å². The van der Waals surface area contributed by atoms with Crippen molar-refractivity contribution >= 4 is 5.82 Å². The number of aromatic nitrogens is 2. The van der Waals surface area contributed by atoms with Crippen LogP contribution in [0, 0.1) is 5.82 Å². The summed E-state index contributed by atoms with van der Waals surface area (Å²) in [5.74, 6) is 0.675. The molecule has 0 aliphatic carbocycles. The van der Waals surface area contributed by atoms with Crippen LogP contribution in [0.15, 0.2) is 30.5 Å². The molecule has 16 heavy (non-hydrogen) atoms. The summed E-state index contributed by atoms with van der Waals surface area (Å²) in [6.45, 7) is 4.12. The predicted octanol–water partition coefficient (Wildman–Crippen LogP) is 2.72. The SMILES string of the molecule is CC(C)c1cnn(-c2ccc(F)cc2)c1N. The zero-order chi connectivity index (χ0) is 11.7. The molecule has 2 N–H and O–H groups in total.